The Morgan fingerprint density at radius 2 is 1.93 bits per heavy atom. The number of hydrogen-bond donors (Lipinski definition) is 0. The van der Waals surface area contributed by atoms with E-state index < -0.39 is 19.2 Å². The van der Waals surface area contributed by atoms with Gasteiger partial charge in [-0.05, 0) is 0 Å². The Kier molecular flexibility index (Phi) is 3.81. The molecule has 1 fully saturated rings. The molecule has 0 saturated carbocycles. The Balaban J connectivity index is 2.78. The Bertz CT molecular complexity index is 312. The third kappa shape index (κ3) is 2.41. The number of hydrogen-bond acceptors (Lipinski definition) is 5. The van der Waals surface area contributed by atoms with Crippen molar-refractivity contribution in [3.8, 4) is 0 Å². The fourth-order valence-corrected chi connectivity index (χ4v) is 2.86. The second-order valence-corrected chi connectivity index (χ2v) is 6.10. The lowest BCUT2D eigenvalue weighted by Gasteiger charge is -2.25. The molecular weight excluding hydrogens is 280 g/mol. The van der Waals surface area contributed by atoms with Crippen molar-refractivity contribution in [2.45, 2.75) is 4.28 Å². The highest BCUT2D eigenvalue weighted by Gasteiger charge is 2.39. The van der Waals surface area contributed by atoms with Gasteiger partial charge >= 0.3 is 4.28 Å². The van der Waals surface area contributed by atoms with Gasteiger partial charge in [0.15, 0.2) is 0 Å². The average molecular weight is 289 g/mol. The van der Waals surface area contributed by atoms with Crippen molar-refractivity contribution in [2.75, 3.05) is 26.3 Å². The van der Waals surface area contributed by atoms with Gasteiger partial charge in [0.25, 0.3) is 10.0 Å². The summed E-state index contributed by atoms with van der Waals surface area (Å²) in [5, 5.41) is 10.3. The van der Waals surface area contributed by atoms with Crippen LogP contribution in [0.5, 0.6) is 0 Å². The summed E-state index contributed by atoms with van der Waals surface area (Å²) in [6, 6.07) is 0. The van der Waals surface area contributed by atoms with Crippen LogP contribution in [0.15, 0.2) is 0 Å². The Morgan fingerprint density at radius 3 is 2.36 bits per heavy atom. The predicted octanol–water partition coefficient (Wildman–Crippen LogP) is -0.396. The maximum atomic E-state index is 11.5. The van der Waals surface area contributed by atoms with Gasteiger partial charge in [-0.2, -0.15) is 4.31 Å². The Morgan fingerprint density at radius 1 is 1.43 bits per heavy atom. The molecule has 0 bridgehead atoms. The summed E-state index contributed by atoms with van der Waals surface area (Å²) in [4.78, 5) is 9.43. The largest absolute Gasteiger partial charge is 0.379 e. The van der Waals surface area contributed by atoms with Crippen molar-refractivity contribution in [2.24, 2.45) is 0 Å². The fourth-order valence-electron chi connectivity index (χ4n) is 1.03. The standard InChI is InChI=1S/C5H9BrN2O5S/c6-5(8(9)10)14(11,12)7-1-3-13-4-2-7/h5H,1-4H2. The van der Waals surface area contributed by atoms with E-state index in [1.54, 1.807) is 0 Å². The SMILES string of the molecule is O=[N+]([O-])C(Br)S(=O)(=O)N1CCOCC1. The molecule has 1 aliphatic rings. The van der Waals surface area contributed by atoms with Crippen molar-refractivity contribution >= 4 is 26.0 Å². The molecule has 0 aromatic carbocycles. The molecule has 1 unspecified atom stereocenters. The zero-order chi connectivity index (χ0) is 10.8. The van der Waals surface area contributed by atoms with Gasteiger partial charge in [0.1, 0.15) is 0 Å². The highest BCUT2D eigenvalue weighted by atomic mass is 79.9. The number of alkyl halides is 1. The van der Waals surface area contributed by atoms with Crippen LogP contribution >= 0.6 is 15.9 Å². The molecule has 14 heavy (non-hydrogen) atoms. The first-order chi connectivity index (χ1) is 6.46. The first-order valence-corrected chi connectivity index (χ1v) is 6.22. The minimum Gasteiger partial charge on any atom is -0.379 e. The summed E-state index contributed by atoms with van der Waals surface area (Å²) in [7, 11) is -3.89. The van der Waals surface area contributed by atoms with Crippen molar-refractivity contribution in [1.82, 2.24) is 4.31 Å². The normalized spacial score (nSPS) is 21.8. The van der Waals surface area contributed by atoms with E-state index in [9.17, 15) is 18.5 Å². The van der Waals surface area contributed by atoms with Crippen LogP contribution in [-0.4, -0.2) is 48.2 Å². The average Bonchev–Trinajstić information content (AvgIpc) is 2.18. The number of halogens is 1. The molecule has 0 aromatic rings. The second kappa shape index (κ2) is 4.51. The first kappa shape index (κ1) is 11.8. The summed E-state index contributed by atoms with van der Waals surface area (Å²) < 4.78 is 27.2. The van der Waals surface area contributed by atoms with Gasteiger partial charge in [-0.1, -0.05) is 0 Å². The van der Waals surface area contributed by atoms with E-state index in [1.165, 1.54) is 0 Å². The smallest absolute Gasteiger partial charge is 0.376 e. The van der Waals surface area contributed by atoms with Crippen LogP contribution in [0.25, 0.3) is 0 Å². The monoisotopic (exact) mass is 288 g/mol. The molecule has 1 rings (SSSR count). The fraction of sp³-hybridized carbons (Fsp3) is 1.00. The molecule has 9 heteroatoms. The molecule has 1 heterocycles. The number of ether oxygens (including phenoxy) is 1. The van der Waals surface area contributed by atoms with Crippen LogP contribution in [0.3, 0.4) is 0 Å². The third-order valence-corrected chi connectivity index (χ3v) is 5.24. The zero-order valence-electron chi connectivity index (χ0n) is 7.13. The van der Waals surface area contributed by atoms with E-state index >= 15 is 0 Å². The van der Waals surface area contributed by atoms with Gasteiger partial charge in [-0.3, -0.25) is 10.1 Å². The number of nitro groups is 1. The van der Waals surface area contributed by atoms with Gasteiger partial charge in [0.05, 0.1) is 18.1 Å². The molecule has 82 valence electrons. The quantitative estimate of drug-likeness (QED) is 0.305. The summed E-state index contributed by atoms with van der Waals surface area (Å²) in [5.41, 5.74) is 0. The zero-order valence-corrected chi connectivity index (χ0v) is 9.53. The van der Waals surface area contributed by atoms with Gasteiger partial charge in [-0.15, -0.1) is 0 Å². The summed E-state index contributed by atoms with van der Waals surface area (Å²) in [5.74, 6) is 0. The number of morpholine rings is 1. The lowest BCUT2D eigenvalue weighted by atomic mass is 10.5. The highest BCUT2D eigenvalue weighted by molar-refractivity contribution is 9.11. The number of nitrogens with zero attached hydrogens (tertiary/aromatic N) is 2. The van der Waals surface area contributed by atoms with E-state index in [-0.39, 0.29) is 26.3 Å². The van der Waals surface area contributed by atoms with Crippen molar-refractivity contribution in [1.29, 1.82) is 0 Å². The van der Waals surface area contributed by atoms with Gasteiger partial charge < -0.3 is 4.74 Å². The van der Waals surface area contributed by atoms with E-state index in [0.717, 1.165) is 4.31 Å². The van der Waals surface area contributed by atoms with Gasteiger partial charge in [-0.25, -0.2) is 8.42 Å². The Hall–Kier alpha value is -0.250. The Labute approximate surface area is 89.3 Å². The first-order valence-electron chi connectivity index (χ1n) is 3.80. The van der Waals surface area contributed by atoms with E-state index in [1.807, 2.05) is 0 Å². The summed E-state index contributed by atoms with van der Waals surface area (Å²) in [6.45, 7) is 0.879. The lowest BCUT2D eigenvalue weighted by molar-refractivity contribution is -0.470. The summed E-state index contributed by atoms with van der Waals surface area (Å²) >= 11 is 2.53. The van der Waals surface area contributed by atoms with Gasteiger partial charge in [0.2, 0.25) is 0 Å². The minimum absolute atomic E-state index is 0.165. The molecule has 1 aliphatic heterocycles. The highest BCUT2D eigenvalue weighted by Crippen LogP contribution is 2.16. The summed E-state index contributed by atoms with van der Waals surface area (Å²) in [6.07, 6.45) is 0. The molecular formula is C5H9BrN2O5S. The van der Waals surface area contributed by atoms with Crippen molar-refractivity contribution < 1.29 is 18.1 Å². The topological polar surface area (TPSA) is 89.8 Å². The lowest BCUT2D eigenvalue weighted by Crippen LogP contribution is -2.45. The maximum Gasteiger partial charge on any atom is 0.376 e. The van der Waals surface area contributed by atoms with Crippen LogP contribution in [0.1, 0.15) is 0 Å². The van der Waals surface area contributed by atoms with Crippen LogP contribution in [0.4, 0.5) is 0 Å². The molecule has 7 nitrogen and oxygen atoms in total. The molecule has 0 N–H and O–H groups in total. The third-order valence-electron chi connectivity index (χ3n) is 1.74. The van der Waals surface area contributed by atoms with Crippen LogP contribution in [0.2, 0.25) is 0 Å². The molecule has 0 amide bonds. The van der Waals surface area contributed by atoms with Crippen LogP contribution in [-0.2, 0) is 14.8 Å². The van der Waals surface area contributed by atoms with Crippen molar-refractivity contribution in [3.63, 3.8) is 0 Å². The molecule has 1 saturated heterocycles. The van der Waals surface area contributed by atoms with E-state index in [2.05, 4.69) is 15.9 Å². The van der Waals surface area contributed by atoms with Crippen LogP contribution in [0, 0.1) is 10.1 Å². The molecule has 1 atom stereocenters. The molecule has 0 spiro atoms. The van der Waals surface area contributed by atoms with E-state index in [0.29, 0.717) is 0 Å². The van der Waals surface area contributed by atoms with Crippen molar-refractivity contribution in [3.05, 3.63) is 10.1 Å². The second-order valence-electron chi connectivity index (χ2n) is 2.63. The molecule has 0 radical (unpaired) electrons. The van der Waals surface area contributed by atoms with Crippen LogP contribution < -0.4 is 0 Å². The maximum absolute atomic E-state index is 11.5. The minimum atomic E-state index is -3.89. The number of sulfonamides is 1. The van der Waals surface area contributed by atoms with E-state index in [4.69, 9.17) is 4.74 Å². The molecule has 0 aliphatic carbocycles. The van der Waals surface area contributed by atoms with Gasteiger partial charge in [0, 0.05) is 29.0 Å². The molecule has 0 aromatic heterocycles. The predicted molar refractivity (Wildman–Crippen MR) is 51.0 cm³/mol. The number of rotatable bonds is 3.